The summed E-state index contributed by atoms with van der Waals surface area (Å²) in [5.41, 5.74) is 6.34. The molecule has 1 aliphatic rings. The number of hydrogen-bond donors (Lipinski definition) is 1. The third-order valence-electron chi connectivity index (χ3n) is 6.47. The maximum absolute atomic E-state index is 6.38. The highest BCUT2D eigenvalue weighted by molar-refractivity contribution is 7.80. The number of nitrogens with zero attached hydrogens (tertiary/aromatic N) is 4. The Morgan fingerprint density at radius 2 is 1.86 bits per heavy atom. The van der Waals surface area contributed by atoms with Gasteiger partial charge in [0, 0.05) is 41.5 Å². The molecular weight excluding hydrogens is 478 g/mol. The van der Waals surface area contributed by atoms with E-state index in [0.29, 0.717) is 16.7 Å². The average Bonchev–Trinajstić information content (AvgIpc) is 3.35. The fourth-order valence-electron chi connectivity index (χ4n) is 4.89. The lowest BCUT2D eigenvalue weighted by molar-refractivity contribution is 0.310. The van der Waals surface area contributed by atoms with Gasteiger partial charge in [-0.15, -0.1) is 0 Å². The molecular formula is C27H26ClN5OS. The van der Waals surface area contributed by atoms with Gasteiger partial charge in [-0.1, -0.05) is 17.7 Å². The van der Waals surface area contributed by atoms with Crippen molar-refractivity contribution >= 4 is 28.9 Å². The van der Waals surface area contributed by atoms with Crippen LogP contribution in [-0.2, 0) is 6.54 Å². The summed E-state index contributed by atoms with van der Waals surface area (Å²) < 4.78 is 7.86. The lowest BCUT2D eigenvalue weighted by Gasteiger charge is -2.28. The SMILES string of the molecule is COc1ccc(Cl)cc1-n1c(C)cc([C@@H]2[C@H](c3ccccn3)NC(=S)N2Cc2ccncc2)c1C. The standard InChI is InChI=1S/C27H26ClN5OS/c1-17-14-21(18(2)33(17)23-15-20(28)7-8-24(23)34-3)26-25(22-6-4-5-11-30-22)31-27(35)32(26)16-19-9-12-29-13-10-19/h4-15,25-26H,16H2,1-3H3,(H,31,35)/t25-,26+/m0/s1. The van der Waals surface area contributed by atoms with Gasteiger partial charge in [0.05, 0.1) is 30.6 Å². The number of rotatable bonds is 6. The normalized spacial score (nSPS) is 17.5. The van der Waals surface area contributed by atoms with Crippen LogP contribution in [0.3, 0.4) is 0 Å². The van der Waals surface area contributed by atoms with E-state index in [2.05, 4.69) is 44.7 Å². The quantitative estimate of drug-likeness (QED) is 0.340. The number of hydrogen-bond acceptors (Lipinski definition) is 4. The lowest BCUT2D eigenvalue weighted by Crippen LogP contribution is -2.29. The van der Waals surface area contributed by atoms with E-state index in [1.54, 1.807) is 7.11 Å². The van der Waals surface area contributed by atoms with E-state index >= 15 is 0 Å². The van der Waals surface area contributed by atoms with Gasteiger partial charge in [0.25, 0.3) is 0 Å². The smallest absolute Gasteiger partial charge is 0.170 e. The van der Waals surface area contributed by atoms with Crippen molar-refractivity contribution in [2.75, 3.05) is 7.11 Å². The summed E-state index contributed by atoms with van der Waals surface area (Å²) in [6, 6.07) is 17.8. The van der Waals surface area contributed by atoms with Crippen molar-refractivity contribution in [2.45, 2.75) is 32.5 Å². The molecule has 0 spiro atoms. The molecule has 1 fully saturated rings. The Morgan fingerprint density at radius 3 is 2.57 bits per heavy atom. The number of aromatic nitrogens is 3. The molecule has 1 N–H and O–H groups in total. The van der Waals surface area contributed by atoms with Gasteiger partial charge in [-0.05, 0) is 85.7 Å². The molecule has 4 aromatic rings. The molecule has 35 heavy (non-hydrogen) atoms. The minimum absolute atomic E-state index is 0.0595. The van der Waals surface area contributed by atoms with Crippen molar-refractivity contribution in [3.05, 3.63) is 106 Å². The van der Waals surface area contributed by atoms with Crippen LogP contribution in [0.2, 0.25) is 5.02 Å². The molecule has 0 saturated carbocycles. The number of methoxy groups -OCH3 is 1. The van der Waals surface area contributed by atoms with Crippen LogP contribution in [0.15, 0.2) is 73.2 Å². The van der Waals surface area contributed by atoms with Gasteiger partial charge in [-0.25, -0.2) is 0 Å². The highest BCUT2D eigenvalue weighted by Gasteiger charge is 2.41. The summed E-state index contributed by atoms with van der Waals surface area (Å²) in [4.78, 5) is 11.1. The third-order valence-corrected chi connectivity index (χ3v) is 7.06. The number of nitrogens with one attached hydrogen (secondary N) is 1. The van der Waals surface area contributed by atoms with E-state index in [1.807, 2.05) is 67.1 Å². The minimum Gasteiger partial charge on any atom is -0.495 e. The van der Waals surface area contributed by atoms with Crippen LogP contribution in [0.25, 0.3) is 5.69 Å². The molecule has 6 nitrogen and oxygen atoms in total. The molecule has 8 heteroatoms. The number of aryl methyl sites for hydroxylation is 1. The Kier molecular flexibility index (Phi) is 6.45. The highest BCUT2D eigenvalue weighted by Crippen LogP contribution is 2.43. The van der Waals surface area contributed by atoms with Gasteiger partial charge in [-0.3, -0.25) is 9.97 Å². The molecule has 0 aliphatic carbocycles. The molecule has 3 aromatic heterocycles. The highest BCUT2D eigenvalue weighted by atomic mass is 35.5. The van der Waals surface area contributed by atoms with Crippen LogP contribution in [0.1, 0.15) is 40.3 Å². The van der Waals surface area contributed by atoms with Crippen molar-refractivity contribution in [3.8, 4) is 11.4 Å². The molecule has 178 valence electrons. The van der Waals surface area contributed by atoms with E-state index in [4.69, 9.17) is 28.6 Å². The maximum atomic E-state index is 6.38. The predicted molar refractivity (Wildman–Crippen MR) is 142 cm³/mol. The largest absolute Gasteiger partial charge is 0.495 e. The first kappa shape index (κ1) is 23.3. The monoisotopic (exact) mass is 503 g/mol. The van der Waals surface area contributed by atoms with E-state index in [-0.39, 0.29) is 12.1 Å². The molecule has 5 rings (SSSR count). The predicted octanol–water partition coefficient (Wildman–Crippen LogP) is 5.72. The minimum atomic E-state index is -0.0965. The van der Waals surface area contributed by atoms with Crippen LogP contribution >= 0.6 is 23.8 Å². The topological polar surface area (TPSA) is 55.2 Å². The fourth-order valence-corrected chi connectivity index (χ4v) is 5.37. The molecule has 1 saturated heterocycles. The Balaban J connectivity index is 1.65. The second kappa shape index (κ2) is 9.68. The number of pyridine rings is 2. The van der Waals surface area contributed by atoms with Gasteiger partial charge in [0.2, 0.25) is 0 Å². The van der Waals surface area contributed by atoms with Crippen molar-refractivity contribution < 1.29 is 4.74 Å². The Labute approximate surface area is 215 Å². The van der Waals surface area contributed by atoms with E-state index in [0.717, 1.165) is 34.1 Å². The summed E-state index contributed by atoms with van der Waals surface area (Å²) in [7, 11) is 1.68. The average molecular weight is 504 g/mol. The molecule has 1 aliphatic heterocycles. The number of thiocarbonyl (C=S) groups is 1. The van der Waals surface area contributed by atoms with Crippen molar-refractivity contribution in [1.82, 2.24) is 24.8 Å². The summed E-state index contributed by atoms with van der Waals surface area (Å²) in [6.07, 6.45) is 5.44. The molecule has 0 radical (unpaired) electrons. The Hall–Kier alpha value is -3.42. The molecule has 0 bridgehead atoms. The van der Waals surface area contributed by atoms with E-state index < -0.39 is 0 Å². The van der Waals surface area contributed by atoms with E-state index in [9.17, 15) is 0 Å². The molecule has 0 amide bonds. The first-order valence-corrected chi connectivity index (χ1v) is 12.2. The van der Waals surface area contributed by atoms with Gasteiger partial charge < -0.3 is 19.5 Å². The molecule has 4 heterocycles. The van der Waals surface area contributed by atoms with Gasteiger partial charge in [0.1, 0.15) is 5.75 Å². The fraction of sp³-hybridized carbons (Fsp3) is 0.222. The van der Waals surface area contributed by atoms with Crippen LogP contribution < -0.4 is 10.1 Å². The van der Waals surface area contributed by atoms with Crippen LogP contribution in [0.4, 0.5) is 0 Å². The second-order valence-corrected chi connectivity index (χ2v) is 9.41. The van der Waals surface area contributed by atoms with Crippen molar-refractivity contribution in [2.24, 2.45) is 0 Å². The Bertz CT molecular complexity index is 1360. The Morgan fingerprint density at radius 1 is 1.06 bits per heavy atom. The van der Waals surface area contributed by atoms with Crippen LogP contribution in [0, 0.1) is 13.8 Å². The molecule has 1 aromatic carbocycles. The first-order chi connectivity index (χ1) is 17.0. The zero-order valence-corrected chi connectivity index (χ0v) is 21.3. The van der Waals surface area contributed by atoms with Gasteiger partial charge in [-0.2, -0.15) is 0 Å². The number of benzene rings is 1. The zero-order chi connectivity index (χ0) is 24.5. The first-order valence-electron chi connectivity index (χ1n) is 11.4. The second-order valence-electron chi connectivity index (χ2n) is 8.59. The van der Waals surface area contributed by atoms with E-state index in [1.165, 1.54) is 5.56 Å². The summed E-state index contributed by atoms with van der Waals surface area (Å²) >= 11 is 12.2. The van der Waals surface area contributed by atoms with Crippen molar-refractivity contribution in [3.63, 3.8) is 0 Å². The van der Waals surface area contributed by atoms with Crippen LogP contribution in [0.5, 0.6) is 5.75 Å². The van der Waals surface area contributed by atoms with Crippen LogP contribution in [-0.4, -0.2) is 31.7 Å². The summed E-state index contributed by atoms with van der Waals surface area (Å²) in [5, 5.41) is 4.90. The number of halogens is 1. The summed E-state index contributed by atoms with van der Waals surface area (Å²) in [5.74, 6) is 0.762. The number of ether oxygens (including phenoxy) is 1. The van der Waals surface area contributed by atoms with Gasteiger partial charge in [0.15, 0.2) is 5.11 Å². The van der Waals surface area contributed by atoms with Gasteiger partial charge >= 0.3 is 0 Å². The summed E-state index contributed by atoms with van der Waals surface area (Å²) in [6.45, 7) is 4.89. The lowest BCUT2D eigenvalue weighted by atomic mass is 9.96. The molecule has 0 unspecified atom stereocenters. The van der Waals surface area contributed by atoms with Crippen molar-refractivity contribution in [1.29, 1.82) is 0 Å². The maximum Gasteiger partial charge on any atom is 0.170 e. The zero-order valence-electron chi connectivity index (χ0n) is 19.8. The third kappa shape index (κ3) is 4.37. The molecule has 2 atom stereocenters.